The third kappa shape index (κ3) is 5.51. The zero-order valence-electron chi connectivity index (χ0n) is 17.7. The van der Waals surface area contributed by atoms with Crippen LogP contribution in [0, 0.1) is 0 Å². The molecule has 2 aromatic carbocycles. The quantitative estimate of drug-likeness (QED) is 0.367. The summed E-state index contributed by atoms with van der Waals surface area (Å²) in [6, 6.07) is 11.5. The standard InChI is InChI=1S/C24H21ClF2N2O3S/c1-31-19-12-14(6-11-18(19)32-24(26)27)13-28-23-21(17-4-2-3-5-20(17)33-23)22(30)29-16-9-7-15(25)8-10-16/h6-13,24H,2-5H2,1H3,(H,29,30). The van der Waals surface area contributed by atoms with Gasteiger partial charge < -0.3 is 14.8 Å². The highest BCUT2D eigenvalue weighted by Gasteiger charge is 2.25. The van der Waals surface area contributed by atoms with Crippen molar-refractivity contribution in [3.8, 4) is 11.5 Å². The van der Waals surface area contributed by atoms with Crippen molar-refractivity contribution in [1.29, 1.82) is 0 Å². The first kappa shape index (κ1) is 23.2. The minimum Gasteiger partial charge on any atom is -0.493 e. The molecule has 0 aliphatic heterocycles. The Kier molecular flexibility index (Phi) is 7.25. The molecule has 0 unspecified atom stereocenters. The molecule has 1 aliphatic carbocycles. The van der Waals surface area contributed by atoms with E-state index in [1.54, 1.807) is 42.6 Å². The van der Waals surface area contributed by atoms with Crippen molar-refractivity contribution in [2.24, 2.45) is 4.99 Å². The minimum absolute atomic E-state index is 0.0562. The summed E-state index contributed by atoms with van der Waals surface area (Å²) in [4.78, 5) is 19.0. The van der Waals surface area contributed by atoms with Gasteiger partial charge in [0.1, 0.15) is 5.00 Å². The van der Waals surface area contributed by atoms with Gasteiger partial charge in [-0.25, -0.2) is 4.99 Å². The molecule has 0 atom stereocenters. The van der Waals surface area contributed by atoms with E-state index in [0.717, 1.165) is 31.2 Å². The summed E-state index contributed by atoms with van der Waals surface area (Å²) >= 11 is 7.45. The number of carbonyl (C=O) groups is 1. The van der Waals surface area contributed by atoms with Crippen LogP contribution in [0.3, 0.4) is 0 Å². The smallest absolute Gasteiger partial charge is 0.387 e. The number of thiophene rings is 1. The molecule has 0 fully saturated rings. The Morgan fingerprint density at radius 1 is 1.15 bits per heavy atom. The molecule has 0 spiro atoms. The Morgan fingerprint density at radius 2 is 1.91 bits per heavy atom. The van der Waals surface area contributed by atoms with Crippen LogP contribution in [-0.2, 0) is 12.8 Å². The van der Waals surface area contributed by atoms with Crippen LogP contribution in [0.2, 0.25) is 5.02 Å². The van der Waals surface area contributed by atoms with Gasteiger partial charge in [0, 0.05) is 21.8 Å². The lowest BCUT2D eigenvalue weighted by Crippen LogP contribution is -2.14. The number of methoxy groups -OCH3 is 1. The van der Waals surface area contributed by atoms with Gasteiger partial charge in [0.05, 0.1) is 12.7 Å². The van der Waals surface area contributed by atoms with Crippen LogP contribution < -0.4 is 14.8 Å². The van der Waals surface area contributed by atoms with Crippen LogP contribution in [0.15, 0.2) is 47.5 Å². The third-order valence-corrected chi connectivity index (χ3v) is 6.67. The number of halogens is 3. The van der Waals surface area contributed by atoms with Gasteiger partial charge in [0.25, 0.3) is 5.91 Å². The van der Waals surface area contributed by atoms with Gasteiger partial charge in [-0.05, 0) is 79.3 Å². The molecule has 1 N–H and O–H groups in total. The van der Waals surface area contributed by atoms with Crippen molar-refractivity contribution in [3.05, 3.63) is 69.1 Å². The van der Waals surface area contributed by atoms with E-state index in [0.29, 0.717) is 26.8 Å². The van der Waals surface area contributed by atoms with E-state index in [1.807, 2.05) is 0 Å². The second kappa shape index (κ2) is 10.3. The van der Waals surface area contributed by atoms with Crippen LogP contribution in [0.4, 0.5) is 19.5 Å². The number of carbonyl (C=O) groups excluding carboxylic acids is 1. The Bertz CT molecular complexity index is 1180. The zero-order chi connectivity index (χ0) is 23.4. The lowest BCUT2D eigenvalue weighted by Gasteiger charge is -2.13. The van der Waals surface area contributed by atoms with Crippen molar-refractivity contribution < 1.29 is 23.0 Å². The summed E-state index contributed by atoms with van der Waals surface area (Å²) in [6.45, 7) is -2.95. The summed E-state index contributed by atoms with van der Waals surface area (Å²) in [7, 11) is 1.38. The largest absolute Gasteiger partial charge is 0.493 e. The van der Waals surface area contributed by atoms with Gasteiger partial charge in [-0.3, -0.25) is 4.79 Å². The maximum absolute atomic E-state index is 13.2. The first-order valence-electron chi connectivity index (χ1n) is 10.3. The van der Waals surface area contributed by atoms with Crippen LogP contribution in [0.1, 0.15) is 39.2 Å². The van der Waals surface area contributed by atoms with Gasteiger partial charge in [-0.2, -0.15) is 8.78 Å². The summed E-state index contributed by atoms with van der Waals surface area (Å²) in [5.74, 6) is -0.105. The van der Waals surface area contributed by atoms with Crippen LogP contribution in [0.25, 0.3) is 0 Å². The van der Waals surface area contributed by atoms with E-state index in [-0.39, 0.29) is 17.4 Å². The SMILES string of the molecule is COc1cc(C=Nc2sc3c(c2C(=O)Nc2ccc(Cl)cc2)CCCC3)ccc1OC(F)F. The third-order valence-electron chi connectivity index (χ3n) is 5.22. The molecule has 1 aliphatic rings. The van der Waals surface area contributed by atoms with Crippen molar-refractivity contribution in [1.82, 2.24) is 0 Å². The number of nitrogens with one attached hydrogen (secondary N) is 1. The minimum atomic E-state index is -2.95. The Labute approximate surface area is 199 Å². The number of ether oxygens (including phenoxy) is 2. The average molecular weight is 491 g/mol. The molecule has 1 heterocycles. The van der Waals surface area contributed by atoms with Crippen molar-refractivity contribution in [2.75, 3.05) is 12.4 Å². The molecule has 1 amide bonds. The molecular formula is C24H21ClF2N2O3S. The van der Waals surface area contributed by atoms with Crippen molar-refractivity contribution in [2.45, 2.75) is 32.3 Å². The summed E-state index contributed by atoms with van der Waals surface area (Å²) in [6.07, 6.45) is 5.45. The van der Waals surface area contributed by atoms with Crippen molar-refractivity contribution >= 4 is 45.7 Å². The highest BCUT2D eigenvalue weighted by atomic mass is 35.5. The van der Waals surface area contributed by atoms with Crippen LogP contribution >= 0.6 is 22.9 Å². The lowest BCUT2D eigenvalue weighted by atomic mass is 9.95. The zero-order valence-corrected chi connectivity index (χ0v) is 19.3. The predicted octanol–water partition coefficient (Wildman–Crippen LogP) is 6.89. The topological polar surface area (TPSA) is 59.9 Å². The second-order valence-electron chi connectivity index (χ2n) is 7.40. The van der Waals surface area contributed by atoms with Gasteiger partial charge in [-0.1, -0.05) is 11.6 Å². The molecule has 3 aromatic rings. The fraction of sp³-hybridized carbons (Fsp3) is 0.250. The molecule has 4 rings (SSSR count). The maximum Gasteiger partial charge on any atom is 0.387 e. The van der Waals surface area contributed by atoms with Gasteiger partial charge in [0.15, 0.2) is 11.5 Å². The summed E-state index contributed by atoms with van der Waals surface area (Å²) in [5.41, 5.74) is 2.90. The number of fused-ring (bicyclic) bond motifs is 1. The molecule has 172 valence electrons. The van der Waals surface area contributed by atoms with E-state index in [4.69, 9.17) is 16.3 Å². The van der Waals surface area contributed by atoms with E-state index in [1.165, 1.54) is 29.4 Å². The fourth-order valence-corrected chi connectivity index (χ4v) is 5.05. The number of aryl methyl sites for hydroxylation is 1. The maximum atomic E-state index is 13.2. The number of amides is 1. The number of rotatable bonds is 7. The summed E-state index contributed by atoms with van der Waals surface area (Å²) < 4.78 is 34.7. The number of alkyl halides is 2. The number of nitrogens with zero attached hydrogens (tertiary/aromatic N) is 1. The molecule has 5 nitrogen and oxygen atoms in total. The second-order valence-corrected chi connectivity index (χ2v) is 8.92. The molecule has 0 saturated carbocycles. The van der Waals surface area contributed by atoms with E-state index in [2.05, 4.69) is 15.0 Å². The first-order valence-corrected chi connectivity index (χ1v) is 11.5. The molecule has 33 heavy (non-hydrogen) atoms. The van der Waals surface area contributed by atoms with Crippen LogP contribution in [0.5, 0.6) is 11.5 Å². The molecule has 0 saturated heterocycles. The molecule has 1 aromatic heterocycles. The van der Waals surface area contributed by atoms with Gasteiger partial charge in [-0.15, -0.1) is 11.3 Å². The molecule has 0 bridgehead atoms. The van der Waals surface area contributed by atoms with Crippen molar-refractivity contribution in [3.63, 3.8) is 0 Å². The number of aliphatic imine (C=N–C) groups is 1. The fourth-order valence-electron chi connectivity index (χ4n) is 3.69. The summed E-state index contributed by atoms with van der Waals surface area (Å²) in [5, 5.41) is 4.13. The number of hydrogen-bond acceptors (Lipinski definition) is 5. The van der Waals surface area contributed by atoms with Gasteiger partial charge >= 0.3 is 6.61 Å². The molecular weight excluding hydrogens is 470 g/mol. The van der Waals surface area contributed by atoms with Crippen LogP contribution in [-0.4, -0.2) is 25.8 Å². The van der Waals surface area contributed by atoms with Gasteiger partial charge in [0.2, 0.25) is 0 Å². The molecule has 0 radical (unpaired) electrons. The number of anilines is 1. The lowest BCUT2D eigenvalue weighted by molar-refractivity contribution is -0.0512. The average Bonchev–Trinajstić information content (AvgIpc) is 3.18. The Hall–Kier alpha value is -2.97. The first-order chi connectivity index (χ1) is 15.9. The van der Waals surface area contributed by atoms with E-state index >= 15 is 0 Å². The number of benzene rings is 2. The predicted molar refractivity (Wildman–Crippen MR) is 127 cm³/mol. The van der Waals surface area contributed by atoms with E-state index < -0.39 is 6.61 Å². The normalized spacial score (nSPS) is 13.2. The number of hydrogen-bond donors (Lipinski definition) is 1. The highest BCUT2D eigenvalue weighted by Crippen LogP contribution is 2.40. The Balaban J connectivity index is 1.63. The van der Waals surface area contributed by atoms with E-state index in [9.17, 15) is 13.6 Å². The monoisotopic (exact) mass is 490 g/mol. The molecule has 9 heteroatoms. The highest BCUT2D eigenvalue weighted by molar-refractivity contribution is 7.16. The Morgan fingerprint density at radius 3 is 2.64 bits per heavy atom.